The van der Waals surface area contributed by atoms with E-state index in [1.807, 2.05) is 0 Å². The molecule has 2 N–H and O–H groups in total. The Balaban J connectivity index is 2.30. The second-order valence-corrected chi connectivity index (χ2v) is 8.89. The van der Waals surface area contributed by atoms with Crippen LogP contribution in [0.4, 0.5) is 10.7 Å². The Morgan fingerprint density at radius 1 is 1.15 bits per heavy atom. The highest BCUT2D eigenvalue weighted by molar-refractivity contribution is 7.89. The van der Waals surface area contributed by atoms with Crippen molar-refractivity contribution in [2.24, 2.45) is 0 Å². The summed E-state index contributed by atoms with van der Waals surface area (Å²) in [5.41, 5.74) is 0.318. The molecule has 0 spiro atoms. The minimum atomic E-state index is -3.75. The Morgan fingerprint density at radius 2 is 1.85 bits per heavy atom. The van der Waals surface area contributed by atoms with Crippen LogP contribution in [-0.4, -0.2) is 45.2 Å². The molecule has 0 atom stereocenters. The maximum absolute atomic E-state index is 12.5. The van der Waals surface area contributed by atoms with Gasteiger partial charge in [0.2, 0.25) is 15.9 Å². The van der Waals surface area contributed by atoms with E-state index < -0.39 is 15.9 Å². The molecule has 0 aliphatic rings. The van der Waals surface area contributed by atoms with Gasteiger partial charge in [-0.3, -0.25) is 9.59 Å². The Labute approximate surface area is 162 Å². The minimum Gasteiger partial charge on any atom is -0.492 e. The predicted octanol–water partition coefficient (Wildman–Crippen LogP) is 2.61. The second-order valence-electron chi connectivity index (χ2n) is 5.68. The average Bonchev–Trinajstić information content (AvgIpc) is 3.04. The molecule has 0 saturated carbocycles. The normalized spacial score (nSPS) is 11.3. The van der Waals surface area contributed by atoms with E-state index in [4.69, 9.17) is 4.74 Å². The zero-order valence-corrected chi connectivity index (χ0v) is 17.0. The molecule has 1 heterocycles. The number of anilines is 2. The number of rotatable bonds is 7. The molecule has 0 bridgehead atoms. The van der Waals surface area contributed by atoms with E-state index in [0.717, 1.165) is 15.6 Å². The standard InChI is InChI=1S/C17H21N3O5S2/c1-5-25-13-7-6-12(10-15(13)27(23,24)20(3)4)19-17(22)14-8-9-16(26-14)18-11(2)21/h6-10H,5H2,1-4H3,(H,18,21)(H,19,22). The lowest BCUT2D eigenvalue weighted by molar-refractivity contribution is -0.114. The lowest BCUT2D eigenvalue weighted by Gasteiger charge is -2.16. The summed E-state index contributed by atoms with van der Waals surface area (Å²) in [6.45, 7) is 3.44. The van der Waals surface area contributed by atoms with Crippen LogP contribution < -0.4 is 15.4 Å². The maximum Gasteiger partial charge on any atom is 0.265 e. The highest BCUT2D eigenvalue weighted by atomic mass is 32.2. The van der Waals surface area contributed by atoms with Crippen LogP contribution in [0.3, 0.4) is 0 Å². The summed E-state index contributed by atoms with van der Waals surface area (Å²) in [7, 11) is -0.906. The van der Waals surface area contributed by atoms with Gasteiger partial charge in [0.15, 0.2) is 0 Å². The molecule has 10 heteroatoms. The van der Waals surface area contributed by atoms with Gasteiger partial charge in [-0.1, -0.05) is 0 Å². The fraction of sp³-hybridized carbons (Fsp3) is 0.294. The van der Waals surface area contributed by atoms with Gasteiger partial charge in [0.05, 0.1) is 16.5 Å². The third-order valence-electron chi connectivity index (χ3n) is 3.39. The largest absolute Gasteiger partial charge is 0.492 e. The summed E-state index contributed by atoms with van der Waals surface area (Å²) >= 11 is 1.12. The van der Waals surface area contributed by atoms with Crippen molar-refractivity contribution in [1.82, 2.24) is 4.31 Å². The van der Waals surface area contributed by atoms with Crippen molar-refractivity contribution >= 4 is 43.9 Å². The molecule has 0 fully saturated rings. The molecule has 2 aromatic rings. The molecule has 1 aromatic carbocycles. The monoisotopic (exact) mass is 411 g/mol. The topological polar surface area (TPSA) is 105 Å². The Morgan fingerprint density at radius 3 is 2.44 bits per heavy atom. The molecule has 0 saturated heterocycles. The lowest BCUT2D eigenvalue weighted by Crippen LogP contribution is -2.23. The van der Waals surface area contributed by atoms with Gasteiger partial charge in [0.1, 0.15) is 10.6 Å². The van der Waals surface area contributed by atoms with Crippen molar-refractivity contribution in [3.63, 3.8) is 0 Å². The second kappa shape index (κ2) is 8.51. The molecule has 1 aromatic heterocycles. The van der Waals surface area contributed by atoms with Crippen LogP contribution in [0, 0.1) is 0 Å². The Hall–Kier alpha value is -2.43. The van der Waals surface area contributed by atoms with E-state index in [9.17, 15) is 18.0 Å². The Kier molecular flexibility index (Phi) is 6.58. The number of carbonyl (C=O) groups is 2. The molecule has 2 amide bonds. The quantitative estimate of drug-likeness (QED) is 0.729. The molecule has 146 valence electrons. The highest BCUT2D eigenvalue weighted by Gasteiger charge is 2.23. The summed E-state index contributed by atoms with van der Waals surface area (Å²) in [6, 6.07) is 7.64. The van der Waals surface area contributed by atoms with Crippen molar-refractivity contribution in [3.05, 3.63) is 35.2 Å². The third-order valence-corrected chi connectivity index (χ3v) is 6.22. The van der Waals surface area contributed by atoms with E-state index in [1.54, 1.807) is 25.1 Å². The van der Waals surface area contributed by atoms with Crippen molar-refractivity contribution in [3.8, 4) is 5.75 Å². The van der Waals surface area contributed by atoms with Crippen molar-refractivity contribution in [2.45, 2.75) is 18.7 Å². The first-order valence-corrected chi connectivity index (χ1v) is 10.3. The van der Waals surface area contributed by atoms with E-state index >= 15 is 0 Å². The summed E-state index contributed by atoms with van der Waals surface area (Å²) in [5, 5.41) is 5.82. The van der Waals surface area contributed by atoms with Gasteiger partial charge < -0.3 is 15.4 Å². The maximum atomic E-state index is 12.5. The van der Waals surface area contributed by atoms with Gasteiger partial charge in [0.25, 0.3) is 5.91 Å². The van der Waals surface area contributed by atoms with Gasteiger partial charge in [0, 0.05) is 26.7 Å². The molecular weight excluding hydrogens is 390 g/mol. The number of carbonyl (C=O) groups excluding carboxylic acids is 2. The first-order valence-electron chi connectivity index (χ1n) is 8.03. The lowest BCUT2D eigenvalue weighted by atomic mass is 10.3. The summed E-state index contributed by atoms with van der Waals surface area (Å²) in [4.78, 5) is 23.8. The minimum absolute atomic E-state index is 0.0303. The van der Waals surface area contributed by atoms with Gasteiger partial charge in [-0.05, 0) is 37.3 Å². The summed E-state index contributed by atoms with van der Waals surface area (Å²) in [5.74, 6) is -0.420. The number of ether oxygens (including phenoxy) is 1. The molecule has 8 nitrogen and oxygen atoms in total. The van der Waals surface area contributed by atoms with Crippen LogP contribution in [0.1, 0.15) is 23.5 Å². The zero-order valence-electron chi connectivity index (χ0n) is 15.4. The molecule has 27 heavy (non-hydrogen) atoms. The highest BCUT2D eigenvalue weighted by Crippen LogP contribution is 2.30. The van der Waals surface area contributed by atoms with Crippen molar-refractivity contribution in [1.29, 1.82) is 0 Å². The number of benzene rings is 1. The molecule has 0 radical (unpaired) electrons. The SMILES string of the molecule is CCOc1ccc(NC(=O)c2ccc(NC(C)=O)s2)cc1S(=O)(=O)N(C)C. The number of sulfonamides is 1. The molecule has 2 rings (SSSR count). The average molecular weight is 412 g/mol. The fourth-order valence-corrected chi connectivity index (χ4v) is 4.05. The van der Waals surface area contributed by atoms with Gasteiger partial charge >= 0.3 is 0 Å². The first-order chi connectivity index (χ1) is 12.6. The third kappa shape index (κ3) is 5.06. The van der Waals surface area contributed by atoms with Crippen LogP contribution in [-0.2, 0) is 14.8 Å². The van der Waals surface area contributed by atoms with E-state index in [0.29, 0.717) is 22.2 Å². The van der Waals surface area contributed by atoms with Crippen LogP contribution >= 0.6 is 11.3 Å². The molecule has 0 aliphatic carbocycles. The molecular formula is C17H21N3O5S2. The van der Waals surface area contributed by atoms with Gasteiger partial charge in [-0.2, -0.15) is 0 Å². The number of nitrogens with zero attached hydrogens (tertiary/aromatic N) is 1. The van der Waals surface area contributed by atoms with E-state index in [1.165, 1.54) is 33.2 Å². The summed E-state index contributed by atoms with van der Waals surface area (Å²) < 4.78 is 31.6. The van der Waals surface area contributed by atoms with Crippen molar-refractivity contribution < 1.29 is 22.7 Å². The number of amides is 2. The smallest absolute Gasteiger partial charge is 0.265 e. The number of thiophene rings is 1. The van der Waals surface area contributed by atoms with Crippen molar-refractivity contribution in [2.75, 3.05) is 31.3 Å². The van der Waals surface area contributed by atoms with Gasteiger partial charge in [-0.25, -0.2) is 12.7 Å². The summed E-state index contributed by atoms with van der Waals surface area (Å²) in [6.07, 6.45) is 0. The first kappa shape index (κ1) is 20.9. The van der Waals surface area contributed by atoms with Gasteiger partial charge in [-0.15, -0.1) is 11.3 Å². The van der Waals surface area contributed by atoms with Crippen LogP contribution in [0.5, 0.6) is 5.75 Å². The number of nitrogens with one attached hydrogen (secondary N) is 2. The van der Waals surface area contributed by atoms with E-state index in [-0.39, 0.29) is 16.6 Å². The Bertz CT molecular complexity index is 951. The predicted molar refractivity (Wildman–Crippen MR) is 105 cm³/mol. The fourth-order valence-electron chi connectivity index (χ4n) is 2.15. The van der Waals surface area contributed by atoms with Crippen LogP contribution in [0.15, 0.2) is 35.2 Å². The molecule has 0 aliphatic heterocycles. The molecule has 0 unspecified atom stereocenters. The number of hydrogen-bond donors (Lipinski definition) is 2. The van der Waals surface area contributed by atoms with Crippen LogP contribution in [0.2, 0.25) is 0 Å². The zero-order chi connectivity index (χ0) is 20.2. The van der Waals surface area contributed by atoms with Crippen LogP contribution in [0.25, 0.3) is 0 Å². The number of hydrogen-bond acceptors (Lipinski definition) is 6. The van der Waals surface area contributed by atoms with E-state index in [2.05, 4.69) is 10.6 Å².